The Hall–Kier alpha value is -9.48. The first-order chi connectivity index (χ1) is 52.1. The largest absolute Gasteiger partial charge is 0.507 e. The molecular formula is C71H98IN17O19S2. The van der Waals surface area contributed by atoms with Gasteiger partial charge in [-0.15, -0.1) is 5.10 Å². The van der Waals surface area contributed by atoms with Crippen LogP contribution in [0.2, 0.25) is 0 Å². The van der Waals surface area contributed by atoms with Gasteiger partial charge in [0.1, 0.15) is 17.8 Å². The van der Waals surface area contributed by atoms with E-state index in [9.17, 15) is 63.3 Å². The number of halogens is 1. The number of carbonyl (C=O) groups excluding carboxylic acids is 15. The van der Waals surface area contributed by atoms with E-state index in [2.05, 4.69) is 47.2 Å². The maximum Gasteiger partial charge on any atom is 0.312 e. The normalized spacial score (nSPS) is 24.2. The van der Waals surface area contributed by atoms with Crippen molar-refractivity contribution in [3.05, 3.63) is 74.6 Å². The number of nitrogens with zero attached hydrogens (tertiary/aromatic N) is 5. The van der Waals surface area contributed by atoms with Crippen molar-refractivity contribution in [3.8, 4) is 5.75 Å². The Morgan fingerprint density at radius 1 is 0.736 bits per heavy atom. The molecule has 0 radical (unpaired) electrons. The van der Waals surface area contributed by atoms with Crippen molar-refractivity contribution in [2.45, 2.75) is 178 Å². The number of urea groups is 1. The standard InChI is InChI=1S/C71H98IN17O19S2/c1-36-9-11-38(12-10-36)20-43(64(75)102)27-55(93)49-33-88-32-46(86-87-88)23-44-28-57(95)50(81-61(99)31-73)34-109-110-35-51(56(94)24-40(7-4-18-80-71(78)108)65(103)82-48(22-39-13-15-53(91)47(72)21-39)54(92)25-42(67(105)83-49)14-16-60(74)98)84-66(104)41(6-3-17-79-70(76)77)26-58(96)52-8-5-19-89(52)69(107)45(30-62(100)101)29-59(97)63(37(2)90)85-68(44)106/h9-13,15,21,32,37,40-45,48-52,63,90-91H,3-8,14,16-20,22-31,33-35,73H2,1-2H3,(H2,74,98)(H2,75,102)(H,81,99)(H,82,103)(H,83,105)(H,84,104)(H,85,106)(H,100,101)(H4,76,77,79)(H3,78,80,108)/t37-,40-,41-,42-,43-,44-,45+,48+,49+,50+,51+,52+,63+/m1/s1. The van der Waals surface area contributed by atoms with E-state index >= 15 is 28.8 Å². The SMILES string of the molecule is Cc1ccc(C[C@H](CC(=O)[C@@H]2Cn3cc(nn3)C[C@@H]3CC(=O)[C@@H](NC(=O)CN)CSSC[C@H](NC(=O)[C@H](CCCN=C(N)N)CC(=O)[C@@H]4CCCN4C(=O)[C@H](CC(=O)O)CC(=O)[C@H]([C@@H](C)O)NC3=O)C(=O)C[C@@H](CCCNC(N)=O)C(=O)N[C@@H](Cc3ccc(O)c(I)c3)C(=O)C[C@@H](CCC(N)=O)C(=O)N2)C(N)=O)cc1. The van der Waals surface area contributed by atoms with Gasteiger partial charge in [0.15, 0.2) is 40.7 Å². The van der Waals surface area contributed by atoms with Crippen LogP contribution in [0.5, 0.6) is 5.75 Å². The number of amides is 10. The molecule has 600 valence electrons. The summed E-state index contributed by atoms with van der Waals surface area (Å²) in [5, 5.41) is 56.1. The molecule has 6 rings (SSSR count). The number of nitrogens with two attached hydrogens (primary N) is 6. The number of hydrogen-bond acceptors (Lipinski definition) is 24. The van der Waals surface area contributed by atoms with Crippen molar-refractivity contribution in [3.63, 3.8) is 0 Å². The van der Waals surface area contributed by atoms with Crippen molar-refractivity contribution >= 4 is 144 Å². The molecule has 13 atom stereocenters. The van der Waals surface area contributed by atoms with Crippen LogP contribution in [0, 0.1) is 46.0 Å². The predicted molar refractivity (Wildman–Crippen MR) is 408 cm³/mol. The van der Waals surface area contributed by atoms with E-state index < -0.39 is 249 Å². The fraction of sp³-hybridized carbons (Fsp3) is 0.563. The maximum absolute atomic E-state index is 15.4. The number of rotatable bonds is 24. The first-order valence-electron chi connectivity index (χ1n) is 36.0. The number of carboxylic acid groups (broad SMARTS) is 1. The summed E-state index contributed by atoms with van der Waals surface area (Å²) in [6, 6.07) is 0.789. The molecule has 3 aromatic rings. The number of aromatic nitrogens is 3. The molecule has 10 amide bonds. The van der Waals surface area contributed by atoms with E-state index in [4.69, 9.17) is 34.4 Å². The lowest BCUT2D eigenvalue weighted by molar-refractivity contribution is -0.148. The number of hydrogen-bond donors (Lipinski definition) is 15. The van der Waals surface area contributed by atoms with E-state index in [0.717, 1.165) is 43.7 Å². The van der Waals surface area contributed by atoms with Gasteiger partial charge >= 0.3 is 12.0 Å². The Morgan fingerprint density at radius 2 is 1.37 bits per heavy atom. The minimum Gasteiger partial charge on any atom is -0.507 e. The molecule has 36 nitrogen and oxygen atoms in total. The second-order valence-corrected chi connectivity index (χ2v) is 31.6. The second-order valence-electron chi connectivity index (χ2n) is 27.9. The third-order valence-corrected chi connectivity index (χ3v) is 22.5. The molecule has 3 aliphatic rings. The quantitative estimate of drug-likeness (QED) is 0.0156. The molecule has 0 unspecified atom stereocenters. The molecule has 2 saturated heterocycles. The number of primary amides is 3. The third-order valence-electron chi connectivity index (χ3n) is 19.2. The average molecular weight is 1680 g/mol. The molecule has 21 N–H and O–H groups in total. The molecule has 4 bridgehead atoms. The number of aromatic hydroxyl groups is 1. The average Bonchev–Trinajstić information content (AvgIpc) is 1.63. The van der Waals surface area contributed by atoms with Crippen molar-refractivity contribution in [1.82, 2.24) is 51.8 Å². The molecule has 0 saturated carbocycles. The van der Waals surface area contributed by atoms with Crippen molar-refractivity contribution in [1.29, 1.82) is 0 Å². The van der Waals surface area contributed by atoms with Gasteiger partial charge in [-0.3, -0.25) is 76.9 Å². The number of carboxylic acids is 1. The number of Topliss-reactive ketones (excluding diaryl/α,β-unsaturated/α-hetero) is 6. The number of aliphatic hydroxyl groups is 1. The Morgan fingerprint density at radius 3 is 2.02 bits per heavy atom. The third kappa shape index (κ3) is 28.8. The van der Waals surface area contributed by atoms with E-state index in [1.807, 2.05) is 29.5 Å². The van der Waals surface area contributed by atoms with Gasteiger partial charge in [0.2, 0.25) is 47.3 Å². The molecule has 3 aliphatic heterocycles. The zero-order chi connectivity index (χ0) is 81.1. The topological polar surface area (TPSA) is 608 Å². The number of ketones is 6. The number of guanidine groups is 1. The van der Waals surface area contributed by atoms with Crippen LogP contribution in [0.4, 0.5) is 4.79 Å². The summed E-state index contributed by atoms with van der Waals surface area (Å²) in [7, 11) is 1.80. The van der Waals surface area contributed by atoms with Gasteiger partial charge in [0, 0.05) is 112 Å². The molecule has 0 spiro atoms. The fourth-order valence-electron chi connectivity index (χ4n) is 13.2. The van der Waals surface area contributed by atoms with Gasteiger partial charge in [0.25, 0.3) is 0 Å². The Bertz CT molecular complexity index is 3900. The van der Waals surface area contributed by atoms with Crippen LogP contribution >= 0.6 is 44.2 Å². The molecule has 0 aliphatic carbocycles. The van der Waals surface area contributed by atoms with Crippen LogP contribution in [0.15, 0.2) is 53.7 Å². The highest BCUT2D eigenvalue weighted by Gasteiger charge is 2.43. The molecule has 2 fully saturated rings. The molecular weight excluding hydrogens is 1590 g/mol. The first-order valence-corrected chi connectivity index (χ1v) is 39.6. The zero-order valence-corrected chi connectivity index (χ0v) is 64.9. The van der Waals surface area contributed by atoms with Crippen LogP contribution in [-0.4, -0.2) is 215 Å². The summed E-state index contributed by atoms with van der Waals surface area (Å²) in [4.78, 5) is 234. The molecule has 4 heterocycles. The minimum absolute atomic E-state index is 0.0254. The Balaban J connectivity index is 1.60. The number of phenolic OH excluding ortho intramolecular Hbond substituents is 1. The molecule has 110 heavy (non-hydrogen) atoms. The predicted octanol–water partition coefficient (Wildman–Crippen LogP) is -1.73. The number of carbonyl (C=O) groups is 16. The number of aliphatic imine (C=N–C) groups is 1. The van der Waals surface area contributed by atoms with Gasteiger partial charge in [-0.2, -0.15) is 0 Å². The summed E-state index contributed by atoms with van der Waals surface area (Å²) < 4.78 is 1.39. The highest BCUT2D eigenvalue weighted by molar-refractivity contribution is 14.1. The monoisotopic (exact) mass is 1680 g/mol. The van der Waals surface area contributed by atoms with Crippen LogP contribution in [-0.2, 0) is 97.7 Å². The number of nitrogens with one attached hydrogen (secondary N) is 6. The van der Waals surface area contributed by atoms with E-state index in [-0.39, 0.29) is 99.9 Å². The van der Waals surface area contributed by atoms with Crippen molar-refractivity contribution in [2.75, 3.05) is 37.7 Å². The van der Waals surface area contributed by atoms with Crippen LogP contribution in [0.1, 0.15) is 126 Å². The van der Waals surface area contributed by atoms with Crippen LogP contribution in [0.3, 0.4) is 0 Å². The lowest BCUT2D eigenvalue weighted by Gasteiger charge is -2.30. The number of aliphatic hydroxyl groups excluding tert-OH is 1. The Kier molecular flexibility index (Phi) is 35.6. The lowest BCUT2D eigenvalue weighted by Crippen LogP contribution is -2.52. The van der Waals surface area contributed by atoms with Gasteiger partial charge in [-0.25, -0.2) is 9.48 Å². The fourth-order valence-corrected chi connectivity index (χ4v) is 16.1. The highest BCUT2D eigenvalue weighted by Crippen LogP contribution is 2.31. The molecule has 2 aromatic carbocycles. The highest BCUT2D eigenvalue weighted by atomic mass is 127. The summed E-state index contributed by atoms with van der Waals surface area (Å²) in [5.41, 5.74) is 35.8. The molecule has 39 heteroatoms. The smallest absolute Gasteiger partial charge is 0.312 e. The van der Waals surface area contributed by atoms with Gasteiger partial charge in [-0.05, 0) is 117 Å². The lowest BCUT2D eigenvalue weighted by atomic mass is 9.88. The van der Waals surface area contributed by atoms with Gasteiger partial charge in [-0.1, -0.05) is 62.7 Å². The summed E-state index contributed by atoms with van der Waals surface area (Å²) >= 11 is 1.84. The molecule has 1 aromatic heterocycles. The van der Waals surface area contributed by atoms with Crippen molar-refractivity contribution in [2.24, 2.45) is 74.9 Å². The number of aryl methyl sites for hydroxylation is 1. The van der Waals surface area contributed by atoms with E-state index in [1.54, 1.807) is 24.3 Å². The minimum atomic E-state index is -1.91. The summed E-state index contributed by atoms with van der Waals surface area (Å²) in [5.74, 6) is -24.2. The van der Waals surface area contributed by atoms with Crippen molar-refractivity contribution < 1.29 is 92.0 Å². The number of benzene rings is 2. The van der Waals surface area contributed by atoms with Gasteiger partial charge in [0.05, 0.1) is 70.9 Å². The number of aliphatic carboxylic acids is 1. The van der Waals surface area contributed by atoms with Gasteiger partial charge < -0.3 is 86.5 Å². The van der Waals surface area contributed by atoms with Crippen LogP contribution in [0.25, 0.3) is 0 Å². The summed E-state index contributed by atoms with van der Waals surface area (Å²) in [6.45, 7) is 1.39. The number of phenols is 1. The van der Waals surface area contributed by atoms with E-state index in [1.165, 1.54) is 24.4 Å². The maximum atomic E-state index is 15.4. The first kappa shape index (κ1) is 89.4. The van der Waals surface area contributed by atoms with E-state index in [0.29, 0.717) is 14.7 Å². The second kappa shape index (κ2) is 43.8. The van der Waals surface area contributed by atoms with Crippen LogP contribution < -0.4 is 66.3 Å². The summed E-state index contributed by atoms with van der Waals surface area (Å²) in [6.07, 6.45) is -7.96. The number of fused-ring (bicyclic) bond motifs is 11. The zero-order valence-electron chi connectivity index (χ0n) is 61.1. The Labute approximate surface area is 655 Å².